The minimum atomic E-state index is -1.17. The van der Waals surface area contributed by atoms with Gasteiger partial charge in [0.1, 0.15) is 11.1 Å². The summed E-state index contributed by atoms with van der Waals surface area (Å²) in [5, 5.41) is 9.56. The molecule has 0 saturated carbocycles. The van der Waals surface area contributed by atoms with Crippen LogP contribution in [0.15, 0.2) is 30.6 Å². The van der Waals surface area contributed by atoms with Crippen molar-refractivity contribution in [3.63, 3.8) is 0 Å². The summed E-state index contributed by atoms with van der Waals surface area (Å²) >= 11 is 0. The fraction of sp³-hybridized carbons (Fsp3) is 0.375. The van der Waals surface area contributed by atoms with Gasteiger partial charge in [0.15, 0.2) is 0 Å². The van der Waals surface area contributed by atoms with E-state index in [1.807, 2.05) is 0 Å². The standard InChI is InChI=1S/C16H17N3O3/c1-16(15(21)22)7-2-3-10-19(16)14(20)11-5-4-6-12-13(11)18-9-8-17-12/h4-6,8-9H,2-3,7,10H2,1H3,(H,21,22)/t16-/m0/s1. The Balaban J connectivity index is 2.07. The van der Waals surface area contributed by atoms with Gasteiger partial charge in [-0.25, -0.2) is 4.79 Å². The average Bonchev–Trinajstić information content (AvgIpc) is 2.54. The molecule has 1 N–H and O–H groups in total. The maximum atomic E-state index is 12.9. The van der Waals surface area contributed by atoms with E-state index in [0.29, 0.717) is 29.6 Å². The average molecular weight is 299 g/mol. The number of carbonyl (C=O) groups excluding carboxylic acids is 1. The molecule has 1 fully saturated rings. The van der Waals surface area contributed by atoms with Gasteiger partial charge in [-0.05, 0) is 38.3 Å². The molecule has 0 bridgehead atoms. The zero-order valence-electron chi connectivity index (χ0n) is 12.3. The molecule has 6 heteroatoms. The van der Waals surface area contributed by atoms with Gasteiger partial charge < -0.3 is 10.0 Å². The van der Waals surface area contributed by atoms with Crippen LogP contribution in [0.2, 0.25) is 0 Å². The van der Waals surface area contributed by atoms with Crippen molar-refractivity contribution in [1.82, 2.24) is 14.9 Å². The van der Waals surface area contributed by atoms with Gasteiger partial charge in [-0.2, -0.15) is 0 Å². The largest absolute Gasteiger partial charge is 0.480 e. The molecule has 114 valence electrons. The molecule has 1 atom stereocenters. The van der Waals surface area contributed by atoms with Crippen LogP contribution in [0.1, 0.15) is 36.5 Å². The number of likely N-dealkylation sites (tertiary alicyclic amines) is 1. The van der Waals surface area contributed by atoms with Gasteiger partial charge in [-0.15, -0.1) is 0 Å². The second-order valence-electron chi connectivity index (χ2n) is 5.72. The summed E-state index contributed by atoms with van der Waals surface area (Å²) in [6, 6.07) is 5.20. The summed E-state index contributed by atoms with van der Waals surface area (Å²) in [5.74, 6) is -1.26. The lowest BCUT2D eigenvalue weighted by Crippen LogP contribution is -2.57. The molecule has 6 nitrogen and oxygen atoms in total. The van der Waals surface area contributed by atoms with Crippen LogP contribution in [-0.2, 0) is 4.79 Å². The molecule has 0 radical (unpaired) electrons. The molecule has 1 aliphatic rings. The highest BCUT2D eigenvalue weighted by atomic mass is 16.4. The number of hydrogen-bond donors (Lipinski definition) is 1. The van der Waals surface area contributed by atoms with Gasteiger partial charge in [0.25, 0.3) is 5.91 Å². The van der Waals surface area contributed by atoms with Crippen molar-refractivity contribution in [1.29, 1.82) is 0 Å². The van der Waals surface area contributed by atoms with E-state index in [1.54, 1.807) is 31.3 Å². The van der Waals surface area contributed by atoms with Gasteiger partial charge in [-0.1, -0.05) is 6.07 Å². The smallest absolute Gasteiger partial charge is 0.329 e. The van der Waals surface area contributed by atoms with Crippen LogP contribution < -0.4 is 0 Å². The van der Waals surface area contributed by atoms with Crippen molar-refractivity contribution in [3.05, 3.63) is 36.2 Å². The highest BCUT2D eigenvalue weighted by Gasteiger charge is 2.44. The molecule has 0 aliphatic carbocycles. The minimum Gasteiger partial charge on any atom is -0.480 e. The monoisotopic (exact) mass is 299 g/mol. The van der Waals surface area contributed by atoms with Gasteiger partial charge in [0, 0.05) is 18.9 Å². The SMILES string of the molecule is C[C@@]1(C(=O)O)CCCCN1C(=O)c1cccc2nccnc12. The van der Waals surface area contributed by atoms with Crippen molar-refractivity contribution < 1.29 is 14.7 Å². The second-order valence-corrected chi connectivity index (χ2v) is 5.72. The quantitative estimate of drug-likeness (QED) is 0.918. The summed E-state index contributed by atoms with van der Waals surface area (Å²) in [6.07, 6.45) is 5.18. The highest BCUT2D eigenvalue weighted by Crippen LogP contribution is 2.30. The lowest BCUT2D eigenvalue weighted by atomic mass is 9.87. The molecule has 1 aliphatic heterocycles. The summed E-state index contributed by atoms with van der Waals surface area (Å²) in [7, 11) is 0. The summed E-state index contributed by atoms with van der Waals surface area (Å²) in [5.41, 5.74) is 0.371. The molecule has 0 spiro atoms. The van der Waals surface area contributed by atoms with E-state index in [2.05, 4.69) is 9.97 Å². The maximum absolute atomic E-state index is 12.9. The van der Waals surface area contributed by atoms with E-state index >= 15 is 0 Å². The van der Waals surface area contributed by atoms with Crippen molar-refractivity contribution in [2.75, 3.05) is 6.54 Å². The predicted octanol–water partition coefficient (Wildman–Crippen LogP) is 2.10. The molecule has 2 aromatic rings. The number of benzene rings is 1. The third-order valence-corrected chi connectivity index (χ3v) is 4.33. The Kier molecular flexibility index (Phi) is 3.52. The highest BCUT2D eigenvalue weighted by molar-refractivity contribution is 6.06. The van der Waals surface area contributed by atoms with E-state index in [-0.39, 0.29) is 5.91 Å². The number of rotatable bonds is 2. The molecule has 1 aromatic heterocycles. The number of piperidine rings is 1. The van der Waals surface area contributed by atoms with E-state index in [9.17, 15) is 14.7 Å². The van der Waals surface area contributed by atoms with Crippen LogP contribution in [-0.4, -0.2) is 43.9 Å². The topological polar surface area (TPSA) is 83.4 Å². The zero-order valence-corrected chi connectivity index (χ0v) is 12.3. The van der Waals surface area contributed by atoms with Crippen LogP contribution in [0.5, 0.6) is 0 Å². The Hall–Kier alpha value is -2.50. The number of fused-ring (bicyclic) bond motifs is 1. The molecule has 2 heterocycles. The zero-order chi connectivity index (χ0) is 15.7. The van der Waals surface area contributed by atoms with Gasteiger partial charge in [0.2, 0.25) is 0 Å². The van der Waals surface area contributed by atoms with E-state index in [4.69, 9.17) is 0 Å². The molecule has 22 heavy (non-hydrogen) atoms. The van der Waals surface area contributed by atoms with Gasteiger partial charge >= 0.3 is 5.97 Å². The normalized spacial score (nSPS) is 21.8. The summed E-state index contributed by atoms with van der Waals surface area (Å²) in [4.78, 5) is 34.5. The number of aliphatic carboxylic acids is 1. The van der Waals surface area contributed by atoms with E-state index in [0.717, 1.165) is 12.8 Å². The number of aromatic nitrogens is 2. The Morgan fingerprint density at radius 2 is 2.00 bits per heavy atom. The van der Waals surface area contributed by atoms with Crippen molar-refractivity contribution in [2.24, 2.45) is 0 Å². The first-order chi connectivity index (χ1) is 10.5. The molecule has 1 amide bonds. The molecule has 1 saturated heterocycles. The first kappa shape index (κ1) is 14.4. The summed E-state index contributed by atoms with van der Waals surface area (Å²) in [6.45, 7) is 2.06. The number of carboxylic acids is 1. The Morgan fingerprint density at radius 3 is 2.77 bits per heavy atom. The minimum absolute atomic E-state index is 0.296. The Morgan fingerprint density at radius 1 is 1.23 bits per heavy atom. The fourth-order valence-electron chi connectivity index (χ4n) is 2.98. The van der Waals surface area contributed by atoms with Crippen LogP contribution >= 0.6 is 0 Å². The first-order valence-corrected chi connectivity index (χ1v) is 7.29. The number of hydrogen-bond acceptors (Lipinski definition) is 4. The maximum Gasteiger partial charge on any atom is 0.329 e. The van der Waals surface area contributed by atoms with Crippen molar-refractivity contribution in [2.45, 2.75) is 31.7 Å². The first-order valence-electron chi connectivity index (χ1n) is 7.29. The molecule has 1 aromatic carbocycles. The number of nitrogens with zero attached hydrogens (tertiary/aromatic N) is 3. The van der Waals surface area contributed by atoms with E-state index in [1.165, 1.54) is 11.1 Å². The van der Waals surface area contributed by atoms with E-state index < -0.39 is 11.5 Å². The number of carboxylic acid groups (broad SMARTS) is 1. The Bertz CT molecular complexity index is 741. The Labute approximate surface area is 127 Å². The lowest BCUT2D eigenvalue weighted by Gasteiger charge is -2.41. The molecular weight excluding hydrogens is 282 g/mol. The van der Waals surface area contributed by atoms with Crippen LogP contribution in [0.3, 0.4) is 0 Å². The predicted molar refractivity (Wildman–Crippen MR) is 80.5 cm³/mol. The van der Waals surface area contributed by atoms with Crippen molar-refractivity contribution >= 4 is 22.9 Å². The molecule has 3 rings (SSSR count). The van der Waals surface area contributed by atoms with Crippen LogP contribution in [0.25, 0.3) is 11.0 Å². The van der Waals surface area contributed by atoms with Crippen LogP contribution in [0, 0.1) is 0 Å². The third kappa shape index (κ3) is 2.20. The number of para-hydroxylation sites is 1. The van der Waals surface area contributed by atoms with Gasteiger partial charge in [-0.3, -0.25) is 14.8 Å². The van der Waals surface area contributed by atoms with Gasteiger partial charge in [0.05, 0.1) is 11.1 Å². The van der Waals surface area contributed by atoms with Crippen LogP contribution in [0.4, 0.5) is 0 Å². The molecule has 0 unspecified atom stereocenters. The number of amides is 1. The van der Waals surface area contributed by atoms with Crippen molar-refractivity contribution in [3.8, 4) is 0 Å². The number of carbonyl (C=O) groups is 2. The fourth-order valence-corrected chi connectivity index (χ4v) is 2.98. The lowest BCUT2D eigenvalue weighted by molar-refractivity contribution is -0.150. The molecular formula is C16H17N3O3. The third-order valence-electron chi connectivity index (χ3n) is 4.33. The summed E-state index contributed by atoms with van der Waals surface area (Å²) < 4.78 is 0. The second kappa shape index (κ2) is 5.36.